The van der Waals surface area contributed by atoms with Crippen LogP contribution in [0.5, 0.6) is 5.75 Å². The van der Waals surface area contributed by atoms with Crippen molar-refractivity contribution in [2.45, 2.75) is 32.2 Å². The van der Waals surface area contributed by atoms with E-state index in [1.807, 2.05) is 26.8 Å². The Labute approximate surface area is 115 Å². The van der Waals surface area contributed by atoms with Crippen LogP contribution in [0.4, 0.5) is 0 Å². The number of rotatable bonds is 3. The summed E-state index contributed by atoms with van der Waals surface area (Å²) in [4.78, 5) is 11.0. The Hall–Kier alpha value is -1.07. The molecule has 1 unspecified atom stereocenters. The van der Waals surface area contributed by atoms with Gasteiger partial charge in [0, 0.05) is 15.6 Å². The number of carbonyl (C=O) groups is 1. The average molecular weight is 316 g/mol. The zero-order valence-corrected chi connectivity index (χ0v) is 12.5. The third-order valence-electron chi connectivity index (χ3n) is 2.70. The predicted octanol–water partition coefficient (Wildman–Crippen LogP) is 2.84. The molecule has 4 nitrogen and oxygen atoms in total. The molecule has 0 saturated heterocycles. The Morgan fingerprint density at radius 2 is 2.00 bits per heavy atom. The van der Waals surface area contributed by atoms with Crippen LogP contribution in [-0.2, 0) is 10.2 Å². The Morgan fingerprint density at radius 1 is 1.44 bits per heavy atom. The van der Waals surface area contributed by atoms with Gasteiger partial charge in [0.05, 0.1) is 7.11 Å². The average Bonchev–Trinajstić information content (AvgIpc) is 2.25. The number of methoxy groups -OCH3 is 1. The third-order valence-corrected chi connectivity index (χ3v) is 3.15. The highest BCUT2D eigenvalue weighted by molar-refractivity contribution is 9.10. The van der Waals surface area contributed by atoms with E-state index in [0.717, 1.165) is 10.0 Å². The molecule has 0 bridgehead atoms. The van der Waals surface area contributed by atoms with Gasteiger partial charge in [0.2, 0.25) is 0 Å². The van der Waals surface area contributed by atoms with Crippen LogP contribution in [0.15, 0.2) is 16.6 Å². The van der Waals surface area contributed by atoms with Crippen LogP contribution in [-0.4, -0.2) is 18.2 Å². The predicted molar refractivity (Wildman–Crippen MR) is 74.0 cm³/mol. The molecule has 1 aromatic rings. The highest BCUT2D eigenvalue weighted by Crippen LogP contribution is 2.38. The number of benzene rings is 1. The minimum atomic E-state index is -1.10. The molecule has 0 aliphatic carbocycles. The molecule has 1 atom stereocenters. The summed E-state index contributed by atoms with van der Waals surface area (Å²) < 4.78 is 6.16. The second-order valence-electron chi connectivity index (χ2n) is 5.14. The fourth-order valence-corrected chi connectivity index (χ4v) is 2.24. The summed E-state index contributed by atoms with van der Waals surface area (Å²) in [6.07, 6.45) is 0. The van der Waals surface area contributed by atoms with Gasteiger partial charge in [-0.15, -0.1) is 0 Å². The number of halogens is 1. The van der Waals surface area contributed by atoms with E-state index in [-0.39, 0.29) is 5.41 Å². The zero-order chi connectivity index (χ0) is 14.1. The van der Waals surface area contributed by atoms with Crippen LogP contribution in [0, 0.1) is 0 Å². The van der Waals surface area contributed by atoms with Crippen LogP contribution >= 0.6 is 15.9 Å². The molecule has 0 amide bonds. The first-order valence-corrected chi connectivity index (χ1v) is 6.34. The smallest absolute Gasteiger partial charge is 0.325 e. The quantitative estimate of drug-likeness (QED) is 0.899. The van der Waals surface area contributed by atoms with Gasteiger partial charge in [0.25, 0.3) is 0 Å². The van der Waals surface area contributed by atoms with Crippen molar-refractivity contribution in [3.8, 4) is 5.75 Å². The fourth-order valence-electron chi connectivity index (χ4n) is 1.76. The molecule has 18 heavy (non-hydrogen) atoms. The van der Waals surface area contributed by atoms with E-state index in [9.17, 15) is 4.79 Å². The molecule has 1 aromatic carbocycles. The SMILES string of the molecule is COc1c(C(N)C(=O)O)cc(Br)cc1C(C)(C)C. The molecule has 0 fully saturated rings. The van der Waals surface area contributed by atoms with E-state index in [1.165, 1.54) is 7.11 Å². The van der Waals surface area contributed by atoms with Crippen LogP contribution in [0.1, 0.15) is 37.9 Å². The van der Waals surface area contributed by atoms with E-state index in [4.69, 9.17) is 15.6 Å². The van der Waals surface area contributed by atoms with Gasteiger partial charge in [0.15, 0.2) is 0 Å². The van der Waals surface area contributed by atoms with Gasteiger partial charge in [-0.3, -0.25) is 4.79 Å². The molecule has 5 heteroatoms. The van der Waals surface area contributed by atoms with Gasteiger partial charge in [-0.05, 0) is 17.5 Å². The molecule has 0 aliphatic heterocycles. The number of ether oxygens (including phenoxy) is 1. The lowest BCUT2D eigenvalue weighted by molar-refractivity contribution is -0.138. The van der Waals surface area contributed by atoms with E-state index in [2.05, 4.69) is 15.9 Å². The van der Waals surface area contributed by atoms with Crippen molar-refractivity contribution < 1.29 is 14.6 Å². The van der Waals surface area contributed by atoms with Crippen LogP contribution < -0.4 is 10.5 Å². The normalized spacial score (nSPS) is 13.2. The zero-order valence-electron chi connectivity index (χ0n) is 11.0. The van der Waals surface area contributed by atoms with E-state index >= 15 is 0 Å². The lowest BCUT2D eigenvalue weighted by atomic mass is 9.84. The highest BCUT2D eigenvalue weighted by Gasteiger charge is 2.26. The van der Waals surface area contributed by atoms with Gasteiger partial charge in [-0.1, -0.05) is 36.7 Å². The molecule has 3 N–H and O–H groups in total. The molecule has 1 rings (SSSR count). The maximum absolute atomic E-state index is 11.0. The largest absolute Gasteiger partial charge is 0.496 e. The van der Waals surface area contributed by atoms with Crippen molar-refractivity contribution in [1.82, 2.24) is 0 Å². The number of hydrogen-bond donors (Lipinski definition) is 2. The molecular weight excluding hydrogens is 298 g/mol. The topological polar surface area (TPSA) is 72.5 Å². The Kier molecular flexibility index (Phi) is 4.40. The molecule has 0 aliphatic rings. The number of carboxylic acids is 1. The van der Waals surface area contributed by atoms with Gasteiger partial charge in [-0.25, -0.2) is 0 Å². The van der Waals surface area contributed by atoms with Crippen molar-refractivity contribution in [3.05, 3.63) is 27.7 Å². The summed E-state index contributed by atoms with van der Waals surface area (Å²) in [5.74, 6) is -0.535. The minimum absolute atomic E-state index is 0.165. The molecule has 0 aromatic heterocycles. The molecule has 100 valence electrons. The molecule has 0 saturated carbocycles. The fraction of sp³-hybridized carbons (Fsp3) is 0.462. The molecule has 0 radical (unpaired) electrons. The van der Waals surface area contributed by atoms with Gasteiger partial charge < -0.3 is 15.6 Å². The minimum Gasteiger partial charge on any atom is -0.496 e. The maximum Gasteiger partial charge on any atom is 0.325 e. The summed E-state index contributed by atoms with van der Waals surface area (Å²) in [6, 6.07) is 2.52. The van der Waals surface area contributed by atoms with Crippen molar-refractivity contribution in [1.29, 1.82) is 0 Å². The Morgan fingerprint density at radius 3 is 2.39 bits per heavy atom. The Balaban J connectivity index is 3.52. The number of aliphatic carboxylic acids is 1. The van der Waals surface area contributed by atoms with E-state index in [1.54, 1.807) is 6.07 Å². The van der Waals surface area contributed by atoms with Gasteiger partial charge >= 0.3 is 5.97 Å². The second-order valence-corrected chi connectivity index (χ2v) is 6.06. The molecule has 0 spiro atoms. The first-order chi connectivity index (χ1) is 8.18. The van der Waals surface area contributed by atoms with Crippen LogP contribution in [0.25, 0.3) is 0 Å². The lowest BCUT2D eigenvalue weighted by Crippen LogP contribution is -2.23. The molecular formula is C13H18BrNO3. The summed E-state index contributed by atoms with van der Waals surface area (Å²) in [6.45, 7) is 6.11. The van der Waals surface area contributed by atoms with Crippen LogP contribution in [0.2, 0.25) is 0 Å². The van der Waals surface area contributed by atoms with Crippen LogP contribution in [0.3, 0.4) is 0 Å². The first-order valence-electron chi connectivity index (χ1n) is 5.54. The maximum atomic E-state index is 11.0. The van der Waals surface area contributed by atoms with E-state index < -0.39 is 12.0 Å². The Bertz CT molecular complexity index is 466. The molecule has 0 heterocycles. The van der Waals surface area contributed by atoms with Gasteiger partial charge in [-0.2, -0.15) is 0 Å². The van der Waals surface area contributed by atoms with Crippen molar-refractivity contribution in [3.63, 3.8) is 0 Å². The summed E-state index contributed by atoms with van der Waals surface area (Å²) in [7, 11) is 1.52. The van der Waals surface area contributed by atoms with Crippen molar-refractivity contribution in [2.75, 3.05) is 7.11 Å². The number of nitrogens with two attached hydrogens (primary N) is 1. The summed E-state index contributed by atoms with van der Waals surface area (Å²) in [5, 5.41) is 9.04. The van der Waals surface area contributed by atoms with Gasteiger partial charge in [0.1, 0.15) is 11.8 Å². The lowest BCUT2D eigenvalue weighted by Gasteiger charge is -2.25. The van der Waals surface area contributed by atoms with Crippen molar-refractivity contribution >= 4 is 21.9 Å². The highest BCUT2D eigenvalue weighted by atomic mass is 79.9. The van der Waals surface area contributed by atoms with E-state index in [0.29, 0.717) is 11.3 Å². The first kappa shape index (κ1) is 15.0. The monoisotopic (exact) mass is 315 g/mol. The number of carboxylic acid groups (broad SMARTS) is 1. The van der Waals surface area contributed by atoms with Crippen molar-refractivity contribution in [2.24, 2.45) is 5.73 Å². The summed E-state index contributed by atoms with van der Waals surface area (Å²) >= 11 is 3.38. The standard InChI is InChI=1S/C13H18BrNO3/c1-13(2,3)9-6-7(14)5-8(11(9)18-4)10(15)12(16)17/h5-6,10H,15H2,1-4H3,(H,16,17). The second kappa shape index (κ2) is 5.28. The summed E-state index contributed by atoms with van der Waals surface area (Å²) in [5.41, 5.74) is 6.93. The third kappa shape index (κ3) is 3.03. The number of hydrogen-bond acceptors (Lipinski definition) is 3.